The van der Waals surface area contributed by atoms with Crippen molar-refractivity contribution in [3.05, 3.63) is 71.6 Å². The lowest BCUT2D eigenvalue weighted by Crippen LogP contribution is -2.11. The molecule has 0 aliphatic carbocycles. The summed E-state index contributed by atoms with van der Waals surface area (Å²) in [5.41, 5.74) is 4.83. The third-order valence-corrected chi connectivity index (χ3v) is 5.61. The number of nitrogens with zero attached hydrogens (tertiary/aromatic N) is 3. The van der Waals surface area contributed by atoms with Gasteiger partial charge >= 0.3 is 0 Å². The van der Waals surface area contributed by atoms with E-state index in [9.17, 15) is 9.18 Å². The predicted molar refractivity (Wildman–Crippen MR) is 109 cm³/mol. The van der Waals surface area contributed by atoms with E-state index in [-0.39, 0.29) is 18.3 Å². The zero-order valence-corrected chi connectivity index (χ0v) is 15.8. The largest absolute Gasteiger partial charge is 0.493 e. The van der Waals surface area contributed by atoms with Crippen molar-refractivity contribution in [3.63, 3.8) is 0 Å². The average molecular weight is 401 g/mol. The molecular formula is C22H16FN5O2. The fourth-order valence-electron chi connectivity index (χ4n) is 4.19. The van der Waals surface area contributed by atoms with Crippen LogP contribution in [0.2, 0.25) is 0 Å². The number of anilines is 2. The number of imidazole rings is 1. The zero-order chi connectivity index (χ0) is 20.2. The summed E-state index contributed by atoms with van der Waals surface area (Å²) in [5.74, 6) is 0.656. The first kappa shape index (κ1) is 17.0. The quantitative estimate of drug-likeness (QED) is 0.548. The highest BCUT2D eigenvalue weighted by molar-refractivity contribution is 6.14. The molecule has 0 fully saturated rings. The summed E-state index contributed by atoms with van der Waals surface area (Å²) in [6.45, 7) is 0.804. The molecule has 2 aromatic carbocycles. The second kappa shape index (κ2) is 6.28. The predicted octanol–water partition coefficient (Wildman–Crippen LogP) is 3.65. The summed E-state index contributed by atoms with van der Waals surface area (Å²) in [4.78, 5) is 21.6. The van der Waals surface area contributed by atoms with Gasteiger partial charge in [-0.25, -0.2) is 14.4 Å². The van der Waals surface area contributed by atoms with Gasteiger partial charge in [0, 0.05) is 47.1 Å². The fourth-order valence-corrected chi connectivity index (χ4v) is 4.19. The van der Waals surface area contributed by atoms with Gasteiger partial charge in [0.1, 0.15) is 17.9 Å². The molecule has 148 valence electrons. The molecule has 0 spiro atoms. The third-order valence-electron chi connectivity index (χ3n) is 5.61. The lowest BCUT2D eigenvalue weighted by atomic mass is 10.0. The molecule has 4 aromatic rings. The number of halogens is 1. The molecule has 8 heteroatoms. The summed E-state index contributed by atoms with van der Waals surface area (Å²) in [6, 6.07) is 10.7. The van der Waals surface area contributed by atoms with E-state index in [0.29, 0.717) is 41.4 Å². The zero-order valence-electron chi connectivity index (χ0n) is 15.8. The second-order valence-corrected chi connectivity index (χ2v) is 7.26. The Labute approximate surface area is 170 Å². The Bertz CT molecular complexity index is 1350. The summed E-state index contributed by atoms with van der Waals surface area (Å²) in [7, 11) is 0. The molecule has 0 saturated heterocycles. The van der Waals surface area contributed by atoms with Crippen LogP contribution in [-0.2, 0) is 13.0 Å². The van der Waals surface area contributed by atoms with Gasteiger partial charge in [-0.05, 0) is 18.2 Å². The Balaban J connectivity index is 1.44. The lowest BCUT2D eigenvalue weighted by Gasteiger charge is -2.13. The van der Waals surface area contributed by atoms with Crippen molar-refractivity contribution in [1.82, 2.24) is 14.4 Å². The number of ether oxygens (including phenoxy) is 1. The van der Waals surface area contributed by atoms with Gasteiger partial charge in [0.2, 0.25) is 5.95 Å². The van der Waals surface area contributed by atoms with Gasteiger partial charge < -0.3 is 15.4 Å². The number of nitrogens with one attached hydrogen (secondary N) is 2. The van der Waals surface area contributed by atoms with Crippen LogP contribution in [-0.4, -0.2) is 26.9 Å². The normalized spacial score (nSPS) is 14.0. The molecule has 2 N–H and O–H groups in total. The van der Waals surface area contributed by atoms with Gasteiger partial charge in [-0.15, -0.1) is 0 Å². The van der Waals surface area contributed by atoms with Crippen molar-refractivity contribution >= 4 is 23.1 Å². The molecule has 2 aliphatic heterocycles. The van der Waals surface area contributed by atoms with Gasteiger partial charge in [-0.2, -0.15) is 0 Å². The Kier molecular flexibility index (Phi) is 3.55. The van der Waals surface area contributed by atoms with E-state index < -0.39 is 0 Å². The van der Waals surface area contributed by atoms with Gasteiger partial charge in [0.05, 0.1) is 12.1 Å². The van der Waals surface area contributed by atoms with Crippen LogP contribution in [0.3, 0.4) is 0 Å². The smallest absolute Gasteiger partial charge is 0.276 e. The van der Waals surface area contributed by atoms with E-state index in [0.717, 1.165) is 22.4 Å². The minimum atomic E-state index is -0.280. The molecule has 4 heterocycles. The number of rotatable bonds is 3. The van der Waals surface area contributed by atoms with Crippen LogP contribution in [0, 0.1) is 5.82 Å². The average Bonchev–Trinajstić information content (AvgIpc) is 3.38. The highest BCUT2D eigenvalue weighted by atomic mass is 19.1. The number of amides is 1. The van der Waals surface area contributed by atoms with Crippen LogP contribution < -0.4 is 15.4 Å². The molecule has 0 bridgehead atoms. The van der Waals surface area contributed by atoms with E-state index in [1.165, 1.54) is 6.07 Å². The van der Waals surface area contributed by atoms with Crippen molar-refractivity contribution in [2.24, 2.45) is 0 Å². The van der Waals surface area contributed by atoms with Crippen LogP contribution in [0.5, 0.6) is 5.75 Å². The number of benzene rings is 2. The van der Waals surface area contributed by atoms with E-state index in [1.807, 2.05) is 24.3 Å². The number of hydrogen-bond acceptors (Lipinski definition) is 5. The molecule has 0 atom stereocenters. The maximum Gasteiger partial charge on any atom is 0.276 e. The molecular weight excluding hydrogens is 385 g/mol. The van der Waals surface area contributed by atoms with Gasteiger partial charge in [0.25, 0.3) is 5.91 Å². The summed E-state index contributed by atoms with van der Waals surface area (Å²) in [6.07, 6.45) is 3.96. The first-order chi connectivity index (χ1) is 14.7. The molecule has 0 saturated carbocycles. The first-order valence-electron chi connectivity index (χ1n) is 9.64. The van der Waals surface area contributed by atoms with Crippen LogP contribution in [0.1, 0.15) is 21.6 Å². The number of aromatic nitrogens is 3. The van der Waals surface area contributed by atoms with Crippen molar-refractivity contribution in [2.45, 2.75) is 13.0 Å². The molecule has 0 radical (unpaired) electrons. The molecule has 2 aromatic heterocycles. The molecule has 30 heavy (non-hydrogen) atoms. The van der Waals surface area contributed by atoms with Crippen molar-refractivity contribution in [3.8, 4) is 16.9 Å². The molecule has 1 amide bonds. The summed E-state index contributed by atoms with van der Waals surface area (Å²) < 4.78 is 21.8. The molecule has 7 nitrogen and oxygen atoms in total. The number of carbonyl (C=O) groups excluding carboxylic acids is 1. The van der Waals surface area contributed by atoms with Crippen LogP contribution in [0.4, 0.5) is 16.0 Å². The SMILES string of the molecule is O=C1Nc2ccccc2-c2cnc(NCc3c(F)ccc4c3CCO4)n3cnc1c23. The van der Waals surface area contributed by atoms with Gasteiger partial charge in [-0.3, -0.25) is 9.20 Å². The van der Waals surface area contributed by atoms with E-state index in [4.69, 9.17) is 4.74 Å². The minimum absolute atomic E-state index is 0.246. The highest BCUT2D eigenvalue weighted by Gasteiger charge is 2.25. The third kappa shape index (κ3) is 2.40. The Hall–Kier alpha value is -3.94. The number of para-hydroxylation sites is 1. The standard InChI is InChI=1S/C22H16FN5O2/c23-16-5-6-18-13(7-8-30-18)14(16)9-24-22-25-10-15-12-3-1-2-4-17(12)27-21(29)19-20(15)28(22)11-26-19/h1-6,10-11H,7-9H2,(H,24,25)(H,27,29). The number of fused-ring (bicyclic) bond motifs is 3. The summed E-state index contributed by atoms with van der Waals surface area (Å²) in [5, 5.41) is 6.11. The topological polar surface area (TPSA) is 80.5 Å². The Morgan fingerprint density at radius 1 is 1.17 bits per heavy atom. The minimum Gasteiger partial charge on any atom is -0.493 e. The van der Waals surface area contributed by atoms with Crippen molar-refractivity contribution in [1.29, 1.82) is 0 Å². The highest BCUT2D eigenvalue weighted by Crippen LogP contribution is 2.36. The number of hydrogen-bond donors (Lipinski definition) is 2. The molecule has 6 rings (SSSR count). The van der Waals surface area contributed by atoms with E-state index in [2.05, 4.69) is 20.6 Å². The van der Waals surface area contributed by atoms with Crippen LogP contribution in [0.15, 0.2) is 48.9 Å². The van der Waals surface area contributed by atoms with Crippen molar-refractivity contribution < 1.29 is 13.9 Å². The molecule has 2 aliphatic rings. The van der Waals surface area contributed by atoms with E-state index in [1.54, 1.807) is 23.0 Å². The van der Waals surface area contributed by atoms with Crippen LogP contribution in [0.25, 0.3) is 16.6 Å². The second-order valence-electron chi connectivity index (χ2n) is 7.26. The van der Waals surface area contributed by atoms with Crippen molar-refractivity contribution in [2.75, 3.05) is 17.2 Å². The molecule has 0 unspecified atom stereocenters. The van der Waals surface area contributed by atoms with Crippen LogP contribution >= 0.6 is 0 Å². The summed E-state index contributed by atoms with van der Waals surface area (Å²) >= 11 is 0. The lowest BCUT2D eigenvalue weighted by molar-refractivity contribution is 0.102. The number of carbonyl (C=O) groups is 1. The first-order valence-corrected chi connectivity index (χ1v) is 9.64. The maximum absolute atomic E-state index is 14.5. The van der Waals surface area contributed by atoms with Gasteiger partial charge in [-0.1, -0.05) is 18.2 Å². The monoisotopic (exact) mass is 401 g/mol. The fraction of sp³-hybridized carbons (Fsp3) is 0.136. The maximum atomic E-state index is 14.5. The Morgan fingerprint density at radius 2 is 2.07 bits per heavy atom. The Morgan fingerprint density at radius 3 is 3.00 bits per heavy atom. The van der Waals surface area contributed by atoms with Gasteiger partial charge in [0.15, 0.2) is 5.69 Å². The van der Waals surface area contributed by atoms with E-state index >= 15 is 0 Å².